The first kappa shape index (κ1) is 11.0. The molecule has 0 spiro atoms. The van der Waals surface area contributed by atoms with E-state index in [1.165, 1.54) is 19.3 Å². The van der Waals surface area contributed by atoms with Crippen molar-refractivity contribution in [1.29, 1.82) is 0 Å². The minimum Gasteiger partial charge on any atom is -0.390 e. The van der Waals surface area contributed by atoms with Crippen LogP contribution in [0.1, 0.15) is 46.0 Å². The standard InChI is InChI=1S/C11H23NO/c1-9(2)10(8-12)11(13)6-4-3-5-7-11/h9-10,13H,3-8,12H2,1-2H3. The molecule has 1 saturated carbocycles. The van der Waals surface area contributed by atoms with Crippen molar-refractivity contribution in [2.24, 2.45) is 17.6 Å². The zero-order valence-electron chi connectivity index (χ0n) is 8.92. The molecule has 1 aliphatic rings. The highest BCUT2D eigenvalue weighted by atomic mass is 16.3. The number of rotatable bonds is 3. The van der Waals surface area contributed by atoms with Crippen molar-refractivity contribution < 1.29 is 5.11 Å². The third-order valence-corrected chi connectivity index (χ3v) is 3.47. The molecule has 78 valence electrons. The summed E-state index contributed by atoms with van der Waals surface area (Å²) in [6.45, 7) is 4.93. The summed E-state index contributed by atoms with van der Waals surface area (Å²) in [5.74, 6) is 0.779. The Bertz CT molecular complexity index is 150. The summed E-state index contributed by atoms with van der Waals surface area (Å²) in [4.78, 5) is 0. The van der Waals surface area contributed by atoms with Crippen molar-refractivity contribution in [1.82, 2.24) is 0 Å². The molecule has 1 aliphatic carbocycles. The lowest BCUT2D eigenvalue weighted by Gasteiger charge is -2.40. The Kier molecular flexibility index (Phi) is 3.74. The largest absolute Gasteiger partial charge is 0.390 e. The summed E-state index contributed by atoms with van der Waals surface area (Å²) >= 11 is 0. The van der Waals surface area contributed by atoms with Crippen LogP contribution in [0.3, 0.4) is 0 Å². The Labute approximate surface area is 81.5 Å². The fourth-order valence-electron chi connectivity index (χ4n) is 2.65. The number of hydrogen-bond donors (Lipinski definition) is 2. The monoisotopic (exact) mass is 185 g/mol. The first-order chi connectivity index (χ1) is 6.10. The van der Waals surface area contributed by atoms with Gasteiger partial charge in [-0.1, -0.05) is 33.1 Å². The van der Waals surface area contributed by atoms with Crippen LogP contribution in [0.5, 0.6) is 0 Å². The van der Waals surface area contributed by atoms with E-state index in [4.69, 9.17) is 5.73 Å². The average molecular weight is 185 g/mol. The van der Waals surface area contributed by atoms with Crippen LogP contribution in [0.15, 0.2) is 0 Å². The highest BCUT2D eigenvalue weighted by Crippen LogP contribution is 2.37. The number of nitrogens with two attached hydrogens (primary N) is 1. The van der Waals surface area contributed by atoms with Crippen LogP contribution in [0, 0.1) is 11.8 Å². The maximum atomic E-state index is 10.4. The molecular formula is C11H23NO. The molecule has 0 amide bonds. The third-order valence-electron chi connectivity index (χ3n) is 3.47. The van der Waals surface area contributed by atoms with Crippen molar-refractivity contribution >= 4 is 0 Å². The van der Waals surface area contributed by atoms with E-state index in [2.05, 4.69) is 13.8 Å². The van der Waals surface area contributed by atoms with Crippen molar-refractivity contribution in [2.45, 2.75) is 51.6 Å². The van der Waals surface area contributed by atoms with Gasteiger partial charge in [0.05, 0.1) is 5.60 Å². The van der Waals surface area contributed by atoms with Gasteiger partial charge in [-0.15, -0.1) is 0 Å². The van der Waals surface area contributed by atoms with Crippen molar-refractivity contribution in [3.05, 3.63) is 0 Å². The van der Waals surface area contributed by atoms with Crippen molar-refractivity contribution in [3.63, 3.8) is 0 Å². The van der Waals surface area contributed by atoms with Gasteiger partial charge >= 0.3 is 0 Å². The second-order valence-corrected chi connectivity index (χ2v) is 4.75. The molecule has 1 atom stereocenters. The Morgan fingerprint density at radius 2 is 1.77 bits per heavy atom. The summed E-state index contributed by atoms with van der Waals surface area (Å²) < 4.78 is 0. The molecule has 0 heterocycles. The Morgan fingerprint density at radius 1 is 1.23 bits per heavy atom. The predicted molar refractivity (Wildman–Crippen MR) is 55.4 cm³/mol. The van der Waals surface area contributed by atoms with Gasteiger partial charge in [-0.25, -0.2) is 0 Å². The molecule has 0 aromatic heterocycles. The minimum atomic E-state index is -0.457. The molecule has 0 aliphatic heterocycles. The molecule has 2 heteroatoms. The second kappa shape index (κ2) is 4.43. The Balaban J connectivity index is 2.63. The van der Waals surface area contributed by atoms with Crippen molar-refractivity contribution in [3.8, 4) is 0 Å². The van der Waals surface area contributed by atoms with Crippen molar-refractivity contribution in [2.75, 3.05) is 6.54 Å². The van der Waals surface area contributed by atoms with Crippen LogP contribution in [-0.2, 0) is 0 Å². The zero-order valence-corrected chi connectivity index (χ0v) is 8.92. The molecule has 1 unspecified atom stereocenters. The lowest BCUT2D eigenvalue weighted by Crippen LogP contribution is -2.46. The summed E-state index contributed by atoms with van der Waals surface area (Å²) in [6.07, 6.45) is 5.51. The van der Waals surface area contributed by atoms with Crippen LogP contribution in [0.2, 0.25) is 0 Å². The zero-order chi connectivity index (χ0) is 9.90. The van der Waals surface area contributed by atoms with Gasteiger partial charge in [0.15, 0.2) is 0 Å². The Hall–Kier alpha value is -0.0800. The normalized spacial score (nSPS) is 24.7. The van der Waals surface area contributed by atoms with E-state index in [1.807, 2.05) is 0 Å². The minimum absolute atomic E-state index is 0.285. The average Bonchev–Trinajstić information content (AvgIpc) is 2.05. The van der Waals surface area contributed by atoms with Gasteiger partial charge in [-0.05, 0) is 25.3 Å². The summed E-state index contributed by atoms with van der Waals surface area (Å²) in [6, 6.07) is 0. The lowest BCUT2D eigenvalue weighted by molar-refractivity contribution is -0.0615. The van der Waals surface area contributed by atoms with Gasteiger partial charge in [0.2, 0.25) is 0 Å². The van der Waals surface area contributed by atoms with Gasteiger partial charge in [0, 0.05) is 5.92 Å². The fourth-order valence-corrected chi connectivity index (χ4v) is 2.65. The highest BCUT2D eigenvalue weighted by Gasteiger charge is 2.38. The molecule has 0 radical (unpaired) electrons. The quantitative estimate of drug-likeness (QED) is 0.705. The molecule has 0 aromatic carbocycles. The van der Waals surface area contributed by atoms with Crippen LogP contribution < -0.4 is 5.73 Å². The van der Waals surface area contributed by atoms with E-state index in [1.54, 1.807) is 0 Å². The maximum absolute atomic E-state index is 10.4. The van der Waals surface area contributed by atoms with Gasteiger partial charge in [-0.3, -0.25) is 0 Å². The first-order valence-corrected chi connectivity index (χ1v) is 5.52. The first-order valence-electron chi connectivity index (χ1n) is 5.52. The number of aliphatic hydroxyl groups is 1. The molecule has 1 rings (SSSR count). The summed E-state index contributed by atoms with van der Waals surface area (Å²) in [5.41, 5.74) is 5.27. The SMILES string of the molecule is CC(C)C(CN)C1(O)CCCCC1. The van der Waals surface area contributed by atoms with Gasteiger partial charge in [0.1, 0.15) is 0 Å². The molecule has 0 aromatic rings. The molecule has 1 fully saturated rings. The molecule has 13 heavy (non-hydrogen) atoms. The van der Waals surface area contributed by atoms with E-state index in [0.29, 0.717) is 12.5 Å². The smallest absolute Gasteiger partial charge is 0.0690 e. The van der Waals surface area contributed by atoms with E-state index in [9.17, 15) is 5.11 Å². The van der Waals surface area contributed by atoms with E-state index < -0.39 is 5.60 Å². The van der Waals surface area contributed by atoms with Gasteiger partial charge in [-0.2, -0.15) is 0 Å². The summed E-state index contributed by atoms with van der Waals surface area (Å²) in [5, 5.41) is 10.4. The van der Waals surface area contributed by atoms with E-state index >= 15 is 0 Å². The molecule has 3 N–H and O–H groups in total. The molecular weight excluding hydrogens is 162 g/mol. The van der Waals surface area contributed by atoms with E-state index in [0.717, 1.165) is 12.8 Å². The highest BCUT2D eigenvalue weighted by molar-refractivity contribution is 4.90. The fraction of sp³-hybridized carbons (Fsp3) is 1.00. The summed E-state index contributed by atoms with van der Waals surface area (Å²) in [7, 11) is 0. The lowest BCUT2D eigenvalue weighted by atomic mass is 9.71. The topological polar surface area (TPSA) is 46.2 Å². The number of hydrogen-bond acceptors (Lipinski definition) is 2. The van der Waals surface area contributed by atoms with E-state index in [-0.39, 0.29) is 5.92 Å². The van der Waals surface area contributed by atoms with Crippen LogP contribution in [-0.4, -0.2) is 17.3 Å². The van der Waals surface area contributed by atoms with Crippen LogP contribution in [0.25, 0.3) is 0 Å². The van der Waals surface area contributed by atoms with Crippen LogP contribution in [0.4, 0.5) is 0 Å². The van der Waals surface area contributed by atoms with Gasteiger partial charge < -0.3 is 10.8 Å². The second-order valence-electron chi connectivity index (χ2n) is 4.75. The molecule has 0 saturated heterocycles. The maximum Gasteiger partial charge on any atom is 0.0690 e. The molecule has 0 bridgehead atoms. The Morgan fingerprint density at radius 3 is 2.15 bits per heavy atom. The third kappa shape index (κ3) is 2.44. The predicted octanol–water partition coefficient (Wildman–Crippen LogP) is 1.91. The van der Waals surface area contributed by atoms with Crippen LogP contribution >= 0.6 is 0 Å². The molecule has 2 nitrogen and oxygen atoms in total. The van der Waals surface area contributed by atoms with Gasteiger partial charge in [0.25, 0.3) is 0 Å².